The second-order valence-corrected chi connectivity index (χ2v) is 4.13. The summed E-state index contributed by atoms with van der Waals surface area (Å²) in [4.78, 5) is 23.7. The van der Waals surface area contributed by atoms with Crippen molar-refractivity contribution < 1.29 is 27.8 Å². The van der Waals surface area contributed by atoms with Crippen molar-refractivity contribution in [2.75, 3.05) is 20.3 Å². The van der Waals surface area contributed by atoms with E-state index in [9.17, 15) is 18.4 Å². The van der Waals surface area contributed by atoms with Crippen LogP contribution in [0.15, 0.2) is 23.8 Å². The molecule has 7 heteroatoms. The van der Waals surface area contributed by atoms with Crippen LogP contribution in [0.5, 0.6) is 0 Å². The lowest BCUT2D eigenvalue weighted by Gasteiger charge is -2.06. The van der Waals surface area contributed by atoms with Gasteiger partial charge in [0.1, 0.15) is 18.8 Å². The van der Waals surface area contributed by atoms with Gasteiger partial charge in [0, 0.05) is 7.11 Å². The molecule has 0 bridgehead atoms. The number of ether oxygens (including phenoxy) is 2. The standard InChI is InChI=1S/C15H13F2NO4/c1-21-9-14(19)11(15(20)22-6-2-5-18)7-10-3-4-12(16)13(17)8-10/h3-4,7-8H,2,6,9H2,1H3. The van der Waals surface area contributed by atoms with Gasteiger partial charge in [-0.2, -0.15) is 5.26 Å². The van der Waals surface area contributed by atoms with E-state index >= 15 is 0 Å². The number of nitrogens with zero attached hydrogens (tertiary/aromatic N) is 1. The SMILES string of the molecule is COCC(=O)C(=Cc1ccc(F)c(F)c1)C(=O)OCCC#N. The minimum absolute atomic E-state index is 0.0251. The molecule has 0 heterocycles. The van der Waals surface area contributed by atoms with Crippen molar-refractivity contribution in [2.24, 2.45) is 0 Å². The Morgan fingerprint density at radius 3 is 2.64 bits per heavy atom. The first-order valence-electron chi connectivity index (χ1n) is 6.22. The summed E-state index contributed by atoms with van der Waals surface area (Å²) in [6.07, 6.45) is 1.06. The molecule has 0 spiro atoms. The van der Waals surface area contributed by atoms with Crippen molar-refractivity contribution in [1.82, 2.24) is 0 Å². The van der Waals surface area contributed by atoms with Gasteiger partial charge >= 0.3 is 5.97 Å². The summed E-state index contributed by atoms with van der Waals surface area (Å²) in [6, 6.07) is 4.71. The molecule has 1 aromatic rings. The Balaban J connectivity index is 3.05. The van der Waals surface area contributed by atoms with Crippen LogP contribution in [0.3, 0.4) is 0 Å². The Hall–Kier alpha value is -2.59. The molecule has 0 amide bonds. The maximum Gasteiger partial charge on any atom is 0.341 e. The fourth-order valence-electron chi connectivity index (χ4n) is 1.50. The van der Waals surface area contributed by atoms with E-state index in [2.05, 4.69) is 4.74 Å². The summed E-state index contributed by atoms with van der Waals surface area (Å²) in [5.74, 6) is -3.78. The highest BCUT2D eigenvalue weighted by Crippen LogP contribution is 2.14. The van der Waals surface area contributed by atoms with Crippen molar-refractivity contribution in [3.05, 3.63) is 41.0 Å². The smallest absolute Gasteiger partial charge is 0.341 e. The zero-order valence-corrected chi connectivity index (χ0v) is 11.8. The highest BCUT2D eigenvalue weighted by Gasteiger charge is 2.20. The summed E-state index contributed by atoms with van der Waals surface area (Å²) in [7, 11) is 1.27. The van der Waals surface area contributed by atoms with E-state index in [4.69, 9.17) is 10.00 Å². The summed E-state index contributed by atoms with van der Waals surface area (Å²) < 4.78 is 35.5. The van der Waals surface area contributed by atoms with Crippen LogP contribution in [0.25, 0.3) is 6.08 Å². The highest BCUT2D eigenvalue weighted by atomic mass is 19.2. The molecule has 0 atom stereocenters. The number of halogens is 2. The molecule has 116 valence electrons. The number of hydrogen-bond acceptors (Lipinski definition) is 5. The lowest BCUT2D eigenvalue weighted by molar-refractivity contribution is -0.140. The van der Waals surface area contributed by atoms with Crippen molar-refractivity contribution in [3.8, 4) is 6.07 Å². The van der Waals surface area contributed by atoms with E-state index in [-0.39, 0.29) is 30.8 Å². The first-order valence-corrected chi connectivity index (χ1v) is 6.22. The van der Waals surface area contributed by atoms with E-state index in [0.29, 0.717) is 0 Å². The first kappa shape index (κ1) is 17.5. The van der Waals surface area contributed by atoms with Gasteiger partial charge in [0.15, 0.2) is 17.4 Å². The Labute approximate surface area is 125 Å². The third-order valence-corrected chi connectivity index (χ3v) is 2.50. The molecule has 22 heavy (non-hydrogen) atoms. The van der Waals surface area contributed by atoms with Crippen LogP contribution in [-0.2, 0) is 19.1 Å². The predicted molar refractivity (Wildman–Crippen MR) is 72.4 cm³/mol. The first-order chi connectivity index (χ1) is 10.5. The Morgan fingerprint density at radius 2 is 2.05 bits per heavy atom. The molecule has 0 radical (unpaired) electrons. The number of carbonyl (C=O) groups is 2. The number of rotatable bonds is 7. The van der Waals surface area contributed by atoms with E-state index in [1.165, 1.54) is 13.2 Å². The Morgan fingerprint density at radius 1 is 1.32 bits per heavy atom. The van der Waals surface area contributed by atoms with Gasteiger partial charge < -0.3 is 9.47 Å². The number of carbonyl (C=O) groups excluding carboxylic acids is 2. The number of Topliss-reactive ketones (excluding diaryl/α,β-unsaturated/α-hetero) is 1. The average molecular weight is 309 g/mol. The van der Waals surface area contributed by atoms with E-state index in [0.717, 1.165) is 18.2 Å². The van der Waals surface area contributed by atoms with Crippen molar-refractivity contribution >= 4 is 17.8 Å². The van der Waals surface area contributed by atoms with Gasteiger partial charge in [-0.25, -0.2) is 13.6 Å². The summed E-state index contributed by atoms with van der Waals surface area (Å²) in [5, 5.41) is 8.38. The fourth-order valence-corrected chi connectivity index (χ4v) is 1.50. The van der Waals surface area contributed by atoms with Crippen molar-refractivity contribution in [3.63, 3.8) is 0 Å². The minimum atomic E-state index is -1.11. The fraction of sp³-hybridized carbons (Fsp3) is 0.267. The third-order valence-electron chi connectivity index (χ3n) is 2.50. The largest absolute Gasteiger partial charge is 0.461 e. The van der Waals surface area contributed by atoms with Crippen LogP contribution in [0.2, 0.25) is 0 Å². The molecule has 1 aromatic carbocycles. The lowest BCUT2D eigenvalue weighted by atomic mass is 10.1. The van der Waals surface area contributed by atoms with Crippen LogP contribution >= 0.6 is 0 Å². The molecule has 0 fully saturated rings. The van der Waals surface area contributed by atoms with Gasteiger partial charge in [0.05, 0.1) is 12.5 Å². The van der Waals surface area contributed by atoms with Crippen LogP contribution < -0.4 is 0 Å². The maximum atomic E-state index is 13.2. The molecule has 0 saturated heterocycles. The molecule has 0 aliphatic heterocycles. The molecule has 0 aliphatic carbocycles. The number of benzene rings is 1. The minimum Gasteiger partial charge on any atom is -0.461 e. The number of hydrogen-bond donors (Lipinski definition) is 0. The number of esters is 1. The maximum absolute atomic E-state index is 13.2. The van der Waals surface area contributed by atoms with Crippen LogP contribution in [-0.4, -0.2) is 32.1 Å². The number of methoxy groups -OCH3 is 1. The zero-order chi connectivity index (χ0) is 16.5. The summed E-state index contributed by atoms with van der Waals surface area (Å²) in [6.45, 7) is -0.548. The third kappa shape index (κ3) is 5.07. The van der Waals surface area contributed by atoms with Gasteiger partial charge in [-0.3, -0.25) is 4.79 Å². The summed E-state index contributed by atoms with van der Waals surface area (Å²) >= 11 is 0. The lowest BCUT2D eigenvalue weighted by Crippen LogP contribution is -2.19. The quantitative estimate of drug-likeness (QED) is 0.253. The van der Waals surface area contributed by atoms with Gasteiger partial charge in [0.2, 0.25) is 0 Å². The molecule has 0 aromatic heterocycles. The van der Waals surface area contributed by atoms with E-state index < -0.39 is 23.4 Å². The van der Waals surface area contributed by atoms with Gasteiger partial charge in [-0.15, -0.1) is 0 Å². The molecule has 1 rings (SSSR count). The average Bonchev–Trinajstić information content (AvgIpc) is 2.48. The number of ketones is 1. The molecule has 0 aliphatic rings. The van der Waals surface area contributed by atoms with E-state index in [1.54, 1.807) is 6.07 Å². The highest BCUT2D eigenvalue weighted by molar-refractivity contribution is 6.21. The van der Waals surface area contributed by atoms with Crippen LogP contribution in [0.4, 0.5) is 8.78 Å². The molecular weight excluding hydrogens is 296 g/mol. The van der Waals surface area contributed by atoms with Gasteiger partial charge in [0.25, 0.3) is 0 Å². The van der Waals surface area contributed by atoms with Crippen LogP contribution in [0.1, 0.15) is 12.0 Å². The molecule has 0 N–H and O–H groups in total. The van der Waals surface area contributed by atoms with Crippen molar-refractivity contribution in [2.45, 2.75) is 6.42 Å². The number of nitriles is 1. The van der Waals surface area contributed by atoms with Crippen molar-refractivity contribution in [1.29, 1.82) is 5.26 Å². The summed E-state index contributed by atoms with van der Waals surface area (Å²) in [5.41, 5.74) is -0.249. The van der Waals surface area contributed by atoms with Gasteiger partial charge in [-0.05, 0) is 23.8 Å². The Kier molecular flexibility index (Phi) is 6.86. The normalized spacial score (nSPS) is 10.9. The molecule has 0 unspecified atom stereocenters. The molecule has 5 nitrogen and oxygen atoms in total. The predicted octanol–water partition coefficient (Wildman–Crippen LogP) is 2.02. The second-order valence-electron chi connectivity index (χ2n) is 4.13. The zero-order valence-electron chi connectivity index (χ0n) is 11.8. The molecular formula is C15H13F2NO4. The van der Waals surface area contributed by atoms with E-state index in [1.807, 2.05) is 0 Å². The Bertz CT molecular complexity index is 635. The molecule has 0 saturated carbocycles. The van der Waals surface area contributed by atoms with Crippen LogP contribution in [0, 0.1) is 23.0 Å². The van der Waals surface area contributed by atoms with Gasteiger partial charge in [-0.1, -0.05) is 6.07 Å². The second kappa shape index (κ2) is 8.64. The monoisotopic (exact) mass is 309 g/mol. The topological polar surface area (TPSA) is 76.4 Å².